The summed E-state index contributed by atoms with van der Waals surface area (Å²) in [5, 5.41) is 0. The highest BCUT2D eigenvalue weighted by molar-refractivity contribution is 14.0. The summed E-state index contributed by atoms with van der Waals surface area (Å²) in [6.07, 6.45) is 4.52. The third-order valence-corrected chi connectivity index (χ3v) is 3.85. The molecule has 1 aliphatic rings. The zero-order valence-corrected chi connectivity index (χ0v) is 16.8. The molecule has 2 rings (SSSR count). The number of hydrogen-bond acceptors (Lipinski definition) is 4. The summed E-state index contributed by atoms with van der Waals surface area (Å²) in [5.41, 5.74) is 6.02. The molecule has 24 heavy (non-hydrogen) atoms. The molecule has 0 amide bonds. The lowest BCUT2D eigenvalue weighted by molar-refractivity contribution is 0.306. The molecule has 1 saturated heterocycles. The van der Waals surface area contributed by atoms with E-state index in [1.165, 1.54) is 19.3 Å². The molecule has 1 fully saturated rings. The van der Waals surface area contributed by atoms with Crippen LogP contribution in [0.25, 0.3) is 0 Å². The predicted octanol–water partition coefficient (Wildman–Crippen LogP) is 2.89. The Balaban J connectivity index is 0.00000288. The van der Waals surface area contributed by atoms with Gasteiger partial charge in [-0.15, -0.1) is 24.0 Å². The molecule has 0 atom stereocenters. The van der Waals surface area contributed by atoms with Gasteiger partial charge in [0.1, 0.15) is 17.2 Å². The van der Waals surface area contributed by atoms with Crippen molar-refractivity contribution in [1.82, 2.24) is 4.90 Å². The number of guanidine groups is 1. The quantitative estimate of drug-likeness (QED) is 0.300. The number of benzene rings is 1. The van der Waals surface area contributed by atoms with E-state index in [4.69, 9.17) is 19.9 Å². The van der Waals surface area contributed by atoms with E-state index in [9.17, 15) is 0 Å². The van der Waals surface area contributed by atoms with E-state index in [1.54, 1.807) is 14.2 Å². The summed E-state index contributed by atoms with van der Waals surface area (Å²) in [7, 11) is 3.24. The zero-order valence-electron chi connectivity index (χ0n) is 14.5. The van der Waals surface area contributed by atoms with Crippen molar-refractivity contribution in [2.75, 3.05) is 40.5 Å². The molecule has 0 saturated carbocycles. The van der Waals surface area contributed by atoms with Crippen LogP contribution in [0.2, 0.25) is 0 Å². The second-order valence-electron chi connectivity index (χ2n) is 5.54. The summed E-state index contributed by atoms with van der Waals surface area (Å²) < 4.78 is 16.2. The number of piperidine rings is 1. The number of nitrogens with two attached hydrogens (primary N) is 1. The van der Waals surface area contributed by atoms with Gasteiger partial charge >= 0.3 is 0 Å². The number of rotatable bonds is 7. The van der Waals surface area contributed by atoms with Gasteiger partial charge in [-0.05, 0) is 19.3 Å². The lowest BCUT2D eigenvalue weighted by Gasteiger charge is -2.27. The molecule has 7 heteroatoms. The number of likely N-dealkylation sites (tertiary alicyclic amines) is 1. The van der Waals surface area contributed by atoms with Gasteiger partial charge in [0.05, 0.1) is 20.8 Å². The number of methoxy groups -OCH3 is 2. The molecular formula is C17H28IN3O3. The molecule has 6 nitrogen and oxygen atoms in total. The fraction of sp³-hybridized carbons (Fsp3) is 0.588. The van der Waals surface area contributed by atoms with Crippen LogP contribution in [0.15, 0.2) is 23.2 Å². The Hall–Kier alpha value is -1.38. The summed E-state index contributed by atoms with van der Waals surface area (Å²) in [4.78, 5) is 6.60. The van der Waals surface area contributed by atoms with Crippen molar-refractivity contribution in [2.45, 2.75) is 25.7 Å². The average Bonchev–Trinajstić information content (AvgIpc) is 2.61. The Labute approximate surface area is 161 Å². The van der Waals surface area contributed by atoms with Crippen LogP contribution in [0.1, 0.15) is 25.7 Å². The van der Waals surface area contributed by atoms with E-state index in [0.717, 1.165) is 25.3 Å². The zero-order chi connectivity index (χ0) is 16.5. The van der Waals surface area contributed by atoms with Gasteiger partial charge in [0, 0.05) is 44.3 Å². The van der Waals surface area contributed by atoms with Crippen molar-refractivity contribution in [3.63, 3.8) is 0 Å². The van der Waals surface area contributed by atoms with E-state index < -0.39 is 0 Å². The second kappa shape index (κ2) is 11.2. The minimum absolute atomic E-state index is 0. The molecule has 1 heterocycles. The van der Waals surface area contributed by atoms with Crippen molar-refractivity contribution < 1.29 is 14.2 Å². The van der Waals surface area contributed by atoms with Crippen LogP contribution in [0.3, 0.4) is 0 Å². The molecule has 136 valence electrons. The van der Waals surface area contributed by atoms with Crippen LogP contribution in [-0.2, 0) is 0 Å². The Morgan fingerprint density at radius 3 is 2.21 bits per heavy atom. The molecule has 1 aromatic carbocycles. The van der Waals surface area contributed by atoms with Gasteiger partial charge in [-0.1, -0.05) is 0 Å². The molecule has 0 bridgehead atoms. The normalized spacial score (nSPS) is 14.8. The molecule has 0 aromatic heterocycles. The fourth-order valence-corrected chi connectivity index (χ4v) is 2.54. The number of nitrogens with zero attached hydrogens (tertiary/aromatic N) is 2. The van der Waals surface area contributed by atoms with E-state index in [2.05, 4.69) is 9.89 Å². The SMILES string of the molecule is COc1cc(OC)cc(OCCCN=C(N)N2CCCCC2)c1.I. The number of hydrogen-bond donors (Lipinski definition) is 1. The van der Waals surface area contributed by atoms with Gasteiger partial charge in [0.25, 0.3) is 0 Å². The Morgan fingerprint density at radius 1 is 1.04 bits per heavy atom. The van der Waals surface area contributed by atoms with Gasteiger partial charge < -0.3 is 24.8 Å². The van der Waals surface area contributed by atoms with Gasteiger partial charge in [-0.3, -0.25) is 4.99 Å². The number of aliphatic imine (C=N–C) groups is 1. The first-order valence-corrected chi connectivity index (χ1v) is 8.13. The van der Waals surface area contributed by atoms with E-state index in [-0.39, 0.29) is 24.0 Å². The highest BCUT2D eigenvalue weighted by Crippen LogP contribution is 2.27. The van der Waals surface area contributed by atoms with Crippen LogP contribution < -0.4 is 19.9 Å². The Kier molecular flexibility index (Phi) is 9.66. The molecule has 1 aliphatic heterocycles. The van der Waals surface area contributed by atoms with E-state index in [1.807, 2.05) is 18.2 Å². The third kappa shape index (κ3) is 6.62. The first-order chi connectivity index (χ1) is 11.2. The van der Waals surface area contributed by atoms with Gasteiger partial charge in [0.2, 0.25) is 0 Å². The van der Waals surface area contributed by atoms with Crippen molar-refractivity contribution in [2.24, 2.45) is 10.7 Å². The molecule has 1 aromatic rings. The van der Waals surface area contributed by atoms with Crippen LogP contribution in [0.5, 0.6) is 17.2 Å². The van der Waals surface area contributed by atoms with Crippen LogP contribution in [-0.4, -0.2) is 51.3 Å². The minimum Gasteiger partial charge on any atom is -0.496 e. The van der Waals surface area contributed by atoms with E-state index in [0.29, 0.717) is 30.6 Å². The Morgan fingerprint density at radius 2 is 1.62 bits per heavy atom. The lowest BCUT2D eigenvalue weighted by Crippen LogP contribution is -2.40. The maximum Gasteiger partial charge on any atom is 0.191 e. The lowest BCUT2D eigenvalue weighted by atomic mass is 10.1. The highest BCUT2D eigenvalue weighted by atomic mass is 127. The monoisotopic (exact) mass is 449 g/mol. The molecular weight excluding hydrogens is 421 g/mol. The van der Waals surface area contributed by atoms with Crippen LogP contribution in [0, 0.1) is 0 Å². The van der Waals surface area contributed by atoms with Crippen LogP contribution in [0.4, 0.5) is 0 Å². The summed E-state index contributed by atoms with van der Waals surface area (Å²) in [5.74, 6) is 2.82. The van der Waals surface area contributed by atoms with E-state index >= 15 is 0 Å². The molecule has 0 spiro atoms. The fourth-order valence-electron chi connectivity index (χ4n) is 2.54. The molecule has 0 radical (unpaired) electrons. The van der Waals surface area contributed by atoms with Gasteiger partial charge in [0.15, 0.2) is 5.96 Å². The maximum atomic E-state index is 6.02. The van der Waals surface area contributed by atoms with Crippen molar-refractivity contribution >= 4 is 29.9 Å². The largest absolute Gasteiger partial charge is 0.496 e. The molecule has 0 aliphatic carbocycles. The Bertz CT molecular complexity index is 498. The summed E-state index contributed by atoms with van der Waals surface area (Å²) in [6.45, 7) is 3.29. The molecule has 2 N–H and O–H groups in total. The molecule has 0 unspecified atom stereocenters. The van der Waals surface area contributed by atoms with Crippen molar-refractivity contribution in [3.8, 4) is 17.2 Å². The smallest absolute Gasteiger partial charge is 0.191 e. The average molecular weight is 449 g/mol. The summed E-state index contributed by atoms with van der Waals surface area (Å²) >= 11 is 0. The second-order valence-corrected chi connectivity index (χ2v) is 5.54. The number of ether oxygens (including phenoxy) is 3. The third-order valence-electron chi connectivity index (χ3n) is 3.85. The predicted molar refractivity (Wildman–Crippen MR) is 107 cm³/mol. The standard InChI is InChI=1S/C17H27N3O3.HI/c1-21-14-11-15(22-2)13-16(12-14)23-10-6-7-19-17(18)20-8-4-3-5-9-20;/h11-13H,3-10H2,1-2H3,(H2,18,19);1H. The summed E-state index contributed by atoms with van der Waals surface area (Å²) in [6, 6.07) is 5.50. The highest BCUT2D eigenvalue weighted by Gasteiger charge is 2.11. The minimum atomic E-state index is 0. The maximum absolute atomic E-state index is 6.02. The first kappa shape index (κ1) is 20.7. The van der Waals surface area contributed by atoms with Crippen LogP contribution >= 0.6 is 24.0 Å². The van der Waals surface area contributed by atoms with Gasteiger partial charge in [-0.2, -0.15) is 0 Å². The topological polar surface area (TPSA) is 69.3 Å². The first-order valence-electron chi connectivity index (χ1n) is 8.13. The number of halogens is 1. The van der Waals surface area contributed by atoms with Gasteiger partial charge in [-0.25, -0.2) is 0 Å². The van der Waals surface area contributed by atoms with Crippen molar-refractivity contribution in [1.29, 1.82) is 0 Å². The van der Waals surface area contributed by atoms with Crippen molar-refractivity contribution in [3.05, 3.63) is 18.2 Å².